The van der Waals surface area contributed by atoms with Crippen LogP contribution >= 0.6 is 23.6 Å². The van der Waals surface area contributed by atoms with Gasteiger partial charge in [-0.15, -0.1) is 0 Å². The van der Waals surface area contributed by atoms with Gasteiger partial charge < -0.3 is 9.84 Å². The fraction of sp³-hybridized carbons (Fsp3) is 0.412. The average Bonchev–Trinajstić information content (AvgIpc) is 3.08. The lowest BCUT2D eigenvalue weighted by Crippen LogP contribution is -2.14. The number of nitrogens with zero attached hydrogens (tertiary/aromatic N) is 2. The number of aromatic hydroxyl groups is 1. The Kier molecular flexibility index (Phi) is 4.94. The first kappa shape index (κ1) is 16.4. The summed E-state index contributed by atoms with van der Waals surface area (Å²) in [7, 11) is 0. The van der Waals surface area contributed by atoms with Crippen molar-refractivity contribution < 1.29 is 9.84 Å². The summed E-state index contributed by atoms with van der Waals surface area (Å²) in [6, 6.07) is 6.14. The first-order chi connectivity index (χ1) is 11.0. The molecule has 3 rings (SSSR count). The molecular weight excluding hydrogens is 328 g/mol. The van der Waals surface area contributed by atoms with Crippen molar-refractivity contribution in [2.24, 2.45) is 4.99 Å². The van der Waals surface area contributed by atoms with Gasteiger partial charge in [0, 0.05) is 6.61 Å². The van der Waals surface area contributed by atoms with E-state index in [1.807, 2.05) is 26.0 Å². The lowest BCUT2D eigenvalue weighted by molar-refractivity contribution is 0.0948. The highest BCUT2D eigenvalue weighted by molar-refractivity contribution is 7.73. The molecule has 6 heteroatoms. The molecule has 0 spiro atoms. The van der Waals surface area contributed by atoms with Crippen LogP contribution in [-0.4, -0.2) is 28.6 Å². The van der Waals surface area contributed by atoms with E-state index in [0.29, 0.717) is 15.4 Å². The quantitative estimate of drug-likeness (QED) is 0.652. The first-order valence-electron chi connectivity index (χ1n) is 7.69. The third-order valence-corrected chi connectivity index (χ3v) is 5.21. The number of hydrogen-bond acceptors (Lipinski definition) is 5. The average molecular weight is 348 g/mol. The van der Waals surface area contributed by atoms with Gasteiger partial charge >= 0.3 is 0 Å². The van der Waals surface area contributed by atoms with Crippen LogP contribution in [0.25, 0.3) is 0 Å². The van der Waals surface area contributed by atoms with Crippen molar-refractivity contribution >= 4 is 35.5 Å². The van der Waals surface area contributed by atoms with Crippen LogP contribution in [0.3, 0.4) is 0 Å². The third-order valence-electron chi connectivity index (χ3n) is 3.84. The smallest absolute Gasteiger partial charge is 0.212 e. The first-order valence-corrected chi connectivity index (χ1v) is 8.92. The van der Waals surface area contributed by atoms with Gasteiger partial charge in [0.1, 0.15) is 4.88 Å². The van der Waals surface area contributed by atoms with Gasteiger partial charge in [-0.05, 0) is 62.2 Å². The molecule has 0 unspecified atom stereocenters. The second-order valence-corrected chi connectivity index (χ2v) is 7.58. The normalized spacial score (nSPS) is 18.1. The molecule has 0 radical (unpaired) electrons. The highest BCUT2D eigenvalue weighted by Gasteiger charge is 2.19. The number of benzene rings is 1. The number of thiazole rings is 1. The minimum absolute atomic E-state index is 0.145. The molecule has 1 aromatic heterocycles. The number of ether oxygens (including phenoxy) is 1. The van der Waals surface area contributed by atoms with Crippen LogP contribution in [0.15, 0.2) is 23.2 Å². The van der Waals surface area contributed by atoms with Crippen molar-refractivity contribution in [1.29, 1.82) is 0 Å². The van der Waals surface area contributed by atoms with Gasteiger partial charge in [-0.1, -0.05) is 17.4 Å². The maximum atomic E-state index is 10.4. The third kappa shape index (κ3) is 3.88. The maximum absolute atomic E-state index is 10.4. The monoisotopic (exact) mass is 348 g/mol. The van der Waals surface area contributed by atoms with Crippen LogP contribution in [-0.2, 0) is 11.3 Å². The SMILES string of the molecule is Cc1cc(C)cc(N=Cc2sc(=S)n(C[C@H]3CCCO3)c2O)c1. The predicted octanol–water partition coefficient (Wildman–Crippen LogP) is 4.53. The number of aromatic nitrogens is 1. The molecule has 0 saturated carbocycles. The van der Waals surface area contributed by atoms with E-state index in [-0.39, 0.29) is 12.0 Å². The van der Waals surface area contributed by atoms with Crippen molar-refractivity contribution in [1.82, 2.24) is 4.57 Å². The molecule has 0 aliphatic carbocycles. The summed E-state index contributed by atoms with van der Waals surface area (Å²) in [5, 5.41) is 10.4. The van der Waals surface area contributed by atoms with Gasteiger partial charge in [0.05, 0.1) is 24.6 Å². The van der Waals surface area contributed by atoms with Crippen molar-refractivity contribution in [3.63, 3.8) is 0 Å². The molecule has 2 aromatic rings. The molecule has 1 saturated heterocycles. The standard InChI is InChI=1S/C17H20N2O2S2/c1-11-6-12(2)8-13(7-11)18-9-15-16(20)19(17(22)23-15)10-14-4-3-5-21-14/h6-9,14,20H,3-5,10H2,1-2H3/t14-/m1/s1. The molecule has 23 heavy (non-hydrogen) atoms. The van der Waals surface area contributed by atoms with Gasteiger partial charge in [-0.3, -0.25) is 9.56 Å². The van der Waals surface area contributed by atoms with E-state index < -0.39 is 0 Å². The van der Waals surface area contributed by atoms with E-state index in [1.165, 1.54) is 22.5 Å². The topological polar surface area (TPSA) is 46.8 Å². The molecule has 122 valence electrons. The van der Waals surface area contributed by atoms with Crippen molar-refractivity contribution in [3.05, 3.63) is 38.2 Å². The van der Waals surface area contributed by atoms with Crippen LogP contribution in [0.2, 0.25) is 0 Å². The zero-order valence-electron chi connectivity index (χ0n) is 13.3. The molecular formula is C17H20N2O2S2. The summed E-state index contributed by atoms with van der Waals surface area (Å²) in [4.78, 5) is 5.17. The van der Waals surface area contributed by atoms with Gasteiger partial charge in [-0.25, -0.2) is 0 Å². The molecule has 0 bridgehead atoms. The summed E-state index contributed by atoms with van der Waals surface area (Å²) in [6.07, 6.45) is 3.93. The molecule has 1 N–H and O–H groups in total. The molecule has 1 aliphatic rings. The summed E-state index contributed by atoms with van der Waals surface area (Å²) in [6.45, 7) is 5.50. The van der Waals surface area contributed by atoms with Gasteiger partial charge in [0.15, 0.2) is 3.95 Å². The Morgan fingerprint density at radius 2 is 2.13 bits per heavy atom. The highest BCUT2D eigenvalue weighted by atomic mass is 32.1. The number of aryl methyl sites for hydroxylation is 2. The molecule has 1 aliphatic heterocycles. The van der Waals surface area contributed by atoms with E-state index >= 15 is 0 Å². The Bertz CT molecular complexity index is 766. The van der Waals surface area contributed by atoms with E-state index in [9.17, 15) is 5.11 Å². The van der Waals surface area contributed by atoms with Crippen LogP contribution in [0.4, 0.5) is 5.69 Å². The fourth-order valence-electron chi connectivity index (χ4n) is 2.81. The second kappa shape index (κ2) is 6.95. The van der Waals surface area contributed by atoms with Crippen molar-refractivity contribution in [2.45, 2.75) is 39.3 Å². The summed E-state index contributed by atoms with van der Waals surface area (Å²) >= 11 is 6.75. The minimum Gasteiger partial charge on any atom is -0.493 e. The zero-order chi connectivity index (χ0) is 16.4. The van der Waals surface area contributed by atoms with Crippen molar-refractivity contribution in [3.8, 4) is 5.88 Å². The Balaban J connectivity index is 1.82. The largest absolute Gasteiger partial charge is 0.493 e. The Hall–Kier alpha value is -1.50. The summed E-state index contributed by atoms with van der Waals surface area (Å²) in [5.74, 6) is 0.184. The van der Waals surface area contributed by atoms with E-state index in [2.05, 4.69) is 11.1 Å². The molecule has 0 amide bonds. The summed E-state index contributed by atoms with van der Waals surface area (Å²) < 4.78 is 8.03. The highest BCUT2D eigenvalue weighted by Crippen LogP contribution is 2.27. The molecule has 2 heterocycles. The maximum Gasteiger partial charge on any atom is 0.212 e. The molecule has 1 atom stereocenters. The second-order valence-electron chi connectivity index (χ2n) is 5.91. The van der Waals surface area contributed by atoms with Gasteiger partial charge in [0.25, 0.3) is 0 Å². The zero-order valence-corrected chi connectivity index (χ0v) is 14.9. The number of rotatable bonds is 4. The number of aliphatic imine (C=N–C) groups is 1. The predicted molar refractivity (Wildman–Crippen MR) is 97.0 cm³/mol. The minimum atomic E-state index is 0.145. The molecule has 4 nitrogen and oxygen atoms in total. The van der Waals surface area contributed by atoms with Gasteiger partial charge in [-0.2, -0.15) is 0 Å². The van der Waals surface area contributed by atoms with Crippen LogP contribution < -0.4 is 0 Å². The van der Waals surface area contributed by atoms with Crippen LogP contribution in [0.5, 0.6) is 5.88 Å². The van der Waals surface area contributed by atoms with Crippen molar-refractivity contribution in [2.75, 3.05) is 6.61 Å². The van der Waals surface area contributed by atoms with E-state index in [4.69, 9.17) is 17.0 Å². The fourth-order valence-corrected chi connectivity index (χ4v) is 4.01. The Morgan fingerprint density at radius 1 is 1.39 bits per heavy atom. The summed E-state index contributed by atoms with van der Waals surface area (Å²) in [5.41, 5.74) is 3.22. The van der Waals surface area contributed by atoms with Gasteiger partial charge in [0.2, 0.25) is 5.88 Å². The van der Waals surface area contributed by atoms with E-state index in [0.717, 1.165) is 25.1 Å². The lowest BCUT2D eigenvalue weighted by atomic mass is 10.1. The Labute approximate surface area is 145 Å². The van der Waals surface area contributed by atoms with Crippen LogP contribution in [0, 0.1) is 17.8 Å². The molecule has 1 aromatic carbocycles. The lowest BCUT2D eigenvalue weighted by Gasteiger charge is -2.10. The van der Waals surface area contributed by atoms with E-state index in [1.54, 1.807) is 10.8 Å². The number of hydrogen-bond donors (Lipinski definition) is 1. The van der Waals surface area contributed by atoms with Crippen LogP contribution in [0.1, 0.15) is 28.8 Å². The Morgan fingerprint density at radius 3 is 2.78 bits per heavy atom. The molecule has 1 fully saturated rings.